The van der Waals surface area contributed by atoms with Crippen molar-refractivity contribution < 1.29 is 14.0 Å². The van der Waals surface area contributed by atoms with Crippen LogP contribution < -0.4 is 10.3 Å². The zero-order chi connectivity index (χ0) is 19.6. The summed E-state index contributed by atoms with van der Waals surface area (Å²) in [7, 11) is 1.67. The number of rotatable bonds is 2. The van der Waals surface area contributed by atoms with Gasteiger partial charge in [0, 0.05) is 24.8 Å². The zero-order valence-electron chi connectivity index (χ0n) is 15.6. The van der Waals surface area contributed by atoms with E-state index in [0.717, 1.165) is 0 Å². The van der Waals surface area contributed by atoms with Crippen LogP contribution in [0.2, 0.25) is 0 Å². The molecule has 2 aromatic carbocycles. The summed E-state index contributed by atoms with van der Waals surface area (Å²) in [4.78, 5) is 43.5. The molecule has 0 saturated heterocycles. The number of benzene rings is 2. The summed E-state index contributed by atoms with van der Waals surface area (Å²) in [6, 6.07) is 14.1. The number of anilines is 1. The molecule has 3 heterocycles. The average molecular weight is 374 g/mol. The maximum atomic E-state index is 13.6. The van der Waals surface area contributed by atoms with Gasteiger partial charge < -0.3 is 14.2 Å². The van der Waals surface area contributed by atoms with Gasteiger partial charge in [-0.2, -0.15) is 0 Å². The van der Waals surface area contributed by atoms with E-state index in [4.69, 9.17) is 4.42 Å². The molecule has 2 aliphatic rings. The molecule has 0 radical (unpaired) electrons. The number of nitrogens with zero attached hydrogens (tertiary/aromatic N) is 2. The molecule has 1 unspecified atom stereocenters. The van der Waals surface area contributed by atoms with Crippen LogP contribution in [-0.2, 0) is 10.3 Å². The van der Waals surface area contributed by atoms with Crippen molar-refractivity contribution >= 4 is 28.5 Å². The SMILES string of the molecule is CCCN1C(=O)c2oc3ccccc3c(=O)c2C12C(=O)N(C)c1ccccc12. The van der Waals surface area contributed by atoms with Gasteiger partial charge in [-0.3, -0.25) is 14.4 Å². The number of carbonyl (C=O) groups excluding carboxylic acids is 2. The van der Waals surface area contributed by atoms with Crippen LogP contribution in [-0.4, -0.2) is 30.3 Å². The van der Waals surface area contributed by atoms with E-state index in [1.165, 1.54) is 9.80 Å². The molecule has 6 nitrogen and oxygen atoms in total. The number of fused-ring (bicyclic) bond motifs is 5. The molecule has 2 aliphatic heterocycles. The molecule has 0 bridgehead atoms. The van der Waals surface area contributed by atoms with Crippen molar-refractivity contribution in [2.75, 3.05) is 18.5 Å². The highest BCUT2D eigenvalue weighted by Crippen LogP contribution is 2.51. The lowest BCUT2D eigenvalue weighted by Crippen LogP contribution is -2.53. The molecule has 1 spiro atoms. The second-order valence-corrected chi connectivity index (χ2v) is 7.18. The van der Waals surface area contributed by atoms with Crippen LogP contribution in [0.3, 0.4) is 0 Å². The monoisotopic (exact) mass is 374 g/mol. The summed E-state index contributed by atoms with van der Waals surface area (Å²) < 4.78 is 5.90. The lowest BCUT2D eigenvalue weighted by Gasteiger charge is -2.33. The molecular weight excluding hydrogens is 356 g/mol. The van der Waals surface area contributed by atoms with Gasteiger partial charge in [-0.05, 0) is 24.6 Å². The van der Waals surface area contributed by atoms with Gasteiger partial charge in [0.05, 0.1) is 10.9 Å². The van der Waals surface area contributed by atoms with E-state index in [9.17, 15) is 14.4 Å². The van der Waals surface area contributed by atoms with Crippen LogP contribution in [0, 0.1) is 0 Å². The fraction of sp³-hybridized carbons (Fsp3) is 0.227. The van der Waals surface area contributed by atoms with Gasteiger partial charge in [0.25, 0.3) is 11.8 Å². The fourth-order valence-corrected chi connectivity index (χ4v) is 4.57. The molecule has 2 amide bonds. The van der Waals surface area contributed by atoms with E-state index in [1.54, 1.807) is 31.3 Å². The van der Waals surface area contributed by atoms with Gasteiger partial charge in [-0.1, -0.05) is 37.3 Å². The van der Waals surface area contributed by atoms with Crippen molar-refractivity contribution in [3.05, 3.63) is 75.6 Å². The van der Waals surface area contributed by atoms with Crippen LogP contribution in [0.1, 0.15) is 35.0 Å². The highest BCUT2D eigenvalue weighted by molar-refractivity contribution is 6.16. The maximum Gasteiger partial charge on any atom is 0.291 e. The summed E-state index contributed by atoms with van der Waals surface area (Å²) >= 11 is 0. The second kappa shape index (κ2) is 5.55. The lowest BCUT2D eigenvalue weighted by atomic mass is 9.84. The fourth-order valence-electron chi connectivity index (χ4n) is 4.57. The summed E-state index contributed by atoms with van der Waals surface area (Å²) in [6.45, 7) is 2.28. The minimum absolute atomic E-state index is 0.0318. The normalized spacial score (nSPS) is 20.4. The third-order valence-corrected chi connectivity index (χ3v) is 5.72. The van der Waals surface area contributed by atoms with Crippen molar-refractivity contribution in [3.63, 3.8) is 0 Å². The van der Waals surface area contributed by atoms with Gasteiger partial charge in [0.2, 0.25) is 5.76 Å². The summed E-state index contributed by atoms with van der Waals surface area (Å²) in [5.74, 6) is -0.759. The molecule has 3 aromatic rings. The number of carbonyl (C=O) groups is 2. The van der Waals surface area contributed by atoms with Crippen molar-refractivity contribution in [1.82, 2.24) is 4.90 Å². The lowest BCUT2D eigenvalue weighted by molar-refractivity contribution is -0.125. The first-order valence-electron chi connectivity index (χ1n) is 9.29. The van der Waals surface area contributed by atoms with Crippen LogP contribution in [0.15, 0.2) is 57.7 Å². The second-order valence-electron chi connectivity index (χ2n) is 7.18. The van der Waals surface area contributed by atoms with Crippen molar-refractivity contribution in [2.45, 2.75) is 18.9 Å². The Bertz CT molecular complexity index is 1230. The van der Waals surface area contributed by atoms with E-state index in [2.05, 4.69) is 0 Å². The Balaban J connectivity index is 1.97. The highest BCUT2D eigenvalue weighted by atomic mass is 16.3. The van der Waals surface area contributed by atoms with Crippen molar-refractivity contribution in [1.29, 1.82) is 0 Å². The minimum Gasteiger partial charge on any atom is -0.450 e. The maximum absolute atomic E-state index is 13.6. The molecule has 140 valence electrons. The number of amides is 2. The van der Waals surface area contributed by atoms with Gasteiger partial charge in [-0.15, -0.1) is 0 Å². The number of para-hydroxylation sites is 2. The number of hydrogen-bond acceptors (Lipinski definition) is 4. The Morgan fingerprint density at radius 3 is 2.50 bits per heavy atom. The molecule has 28 heavy (non-hydrogen) atoms. The first kappa shape index (κ1) is 16.7. The van der Waals surface area contributed by atoms with Crippen LogP contribution in [0.5, 0.6) is 0 Å². The first-order valence-corrected chi connectivity index (χ1v) is 9.29. The molecule has 0 aliphatic carbocycles. The Labute approximate surface area is 161 Å². The van der Waals surface area contributed by atoms with E-state index in [1.807, 2.05) is 31.2 Å². The first-order chi connectivity index (χ1) is 13.5. The summed E-state index contributed by atoms with van der Waals surface area (Å²) in [6.07, 6.45) is 0.647. The summed E-state index contributed by atoms with van der Waals surface area (Å²) in [5, 5.41) is 0.367. The Morgan fingerprint density at radius 2 is 1.71 bits per heavy atom. The Hall–Kier alpha value is -3.41. The smallest absolute Gasteiger partial charge is 0.291 e. The van der Waals surface area contributed by atoms with E-state index in [-0.39, 0.29) is 22.7 Å². The average Bonchev–Trinajstić information content (AvgIpc) is 3.09. The number of likely N-dealkylation sites (N-methyl/N-ethyl adjacent to an activating group) is 1. The number of hydrogen-bond donors (Lipinski definition) is 0. The van der Waals surface area contributed by atoms with Crippen molar-refractivity contribution in [2.24, 2.45) is 0 Å². The zero-order valence-corrected chi connectivity index (χ0v) is 15.6. The molecule has 1 aromatic heterocycles. The third kappa shape index (κ3) is 1.75. The summed E-state index contributed by atoms with van der Waals surface area (Å²) in [5.41, 5.74) is 0.0135. The van der Waals surface area contributed by atoms with Gasteiger partial charge in [0.1, 0.15) is 5.58 Å². The highest BCUT2D eigenvalue weighted by Gasteiger charge is 2.64. The molecule has 0 saturated carbocycles. The van der Waals surface area contributed by atoms with E-state index in [0.29, 0.717) is 35.2 Å². The molecular formula is C22H18N2O4. The molecule has 0 N–H and O–H groups in total. The van der Waals surface area contributed by atoms with Gasteiger partial charge in [0.15, 0.2) is 11.0 Å². The predicted molar refractivity (Wildman–Crippen MR) is 104 cm³/mol. The standard InChI is InChI=1S/C22H18N2O4/c1-3-12-24-20(26)19-17(18(25)13-8-4-7-11-16(13)28-19)22(24)14-9-5-6-10-15(14)23(2)21(22)27/h4-11H,3,12H2,1-2H3. The molecule has 0 fully saturated rings. The Kier molecular flexibility index (Phi) is 3.32. The minimum atomic E-state index is -1.47. The topological polar surface area (TPSA) is 70.8 Å². The molecule has 5 rings (SSSR count). The Morgan fingerprint density at radius 1 is 1.00 bits per heavy atom. The van der Waals surface area contributed by atoms with Crippen LogP contribution >= 0.6 is 0 Å². The van der Waals surface area contributed by atoms with Crippen LogP contribution in [0.25, 0.3) is 11.0 Å². The van der Waals surface area contributed by atoms with Crippen LogP contribution in [0.4, 0.5) is 5.69 Å². The van der Waals surface area contributed by atoms with Gasteiger partial charge in [-0.25, -0.2) is 0 Å². The quantitative estimate of drug-likeness (QED) is 0.692. The van der Waals surface area contributed by atoms with Gasteiger partial charge >= 0.3 is 0 Å². The molecule has 6 heteroatoms. The third-order valence-electron chi connectivity index (χ3n) is 5.72. The van der Waals surface area contributed by atoms with E-state index < -0.39 is 11.4 Å². The van der Waals surface area contributed by atoms with Crippen molar-refractivity contribution in [3.8, 4) is 0 Å². The molecule has 1 atom stereocenters. The predicted octanol–water partition coefficient (Wildman–Crippen LogP) is 2.88. The largest absolute Gasteiger partial charge is 0.450 e. The van der Waals surface area contributed by atoms with E-state index >= 15 is 0 Å².